The molecule has 0 unspecified atom stereocenters. The minimum Gasteiger partial charge on any atom is -0.492 e. The maximum absolute atomic E-state index is 13.2. The largest absolute Gasteiger partial charge is 0.492 e. The second-order valence-electron chi connectivity index (χ2n) is 8.75. The van der Waals surface area contributed by atoms with Crippen molar-refractivity contribution in [3.8, 4) is 5.75 Å². The van der Waals surface area contributed by atoms with Crippen molar-refractivity contribution in [3.05, 3.63) is 84.3 Å². The van der Waals surface area contributed by atoms with Crippen LogP contribution in [0.25, 0.3) is 10.9 Å². The van der Waals surface area contributed by atoms with Crippen molar-refractivity contribution >= 4 is 26.6 Å². The maximum Gasteiger partial charge on any atom is 0.267 e. The Bertz CT molecular complexity index is 1450. The minimum atomic E-state index is -3.72. The van der Waals surface area contributed by atoms with Crippen LogP contribution in [0.15, 0.2) is 82.8 Å². The molecule has 2 aromatic heterocycles. The number of fused-ring (bicyclic) bond motifs is 1. The van der Waals surface area contributed by atoms with Crippen LogP contribution >= 0.6 is 0 Å². The fourth-order valence-electron chi connectivity index (χ4n) is 4.14. The Labute approximate surface area is 215 Å². The van der Waals surface area contributed by atoms with Gasteiger partial charge in [-0.05, 0) is 48.0 Å². The summed E-state index contributed by atoms with van der Waals surface area (Å²) in [6.07, 6.45) is 3.35. The zero-order valence-electron chi connectivity index (χ0n) is 20.2. The molecule has 5 rings (SSSR count). The predicted molar refractivity (Wildman–Crippen MR) is 138 cm³/mol. The smallest absolute Gasteiger partial charge is 0.267 e. The zero-order chi connectivity index (χ0) is 25.7. The Hall–Kier alpha value is -3.73. The topological polar surface area (TPSA) is 114 Å². The molecule has 0 bridgehead atoms. The van der Waals surface area contributed by atoms with Crippen LogP contribution in [0, 0.1) is 0 Å². The van der Waals surface area contributed by atoms with Gasteiger partial charge in [0.1, 0.15) is 18.1 Å². The van der Waals surface area contributed by atoms with E-state index in [1.54, 1.807) is 73.1 Å². The van der Waals surface area contributed by atoms with Crippen LogP contribution in [-0.4, -0.2) is 68.6 Å². The number of pyridine rings is 1. The highest BCUT2D eigenvalue weighted by Crippen LogP contribution is 2.25. The van der Waals surface area contributed by atoms with Crippen molar-refractivity contribution in [1.29, 1.82) is 0 Å². The Morgan fingerprint density at radius 2 is 1.86 bits per heavy atom. The van der Waals surface area contributed by atoms with Crippen LogP contribution in [0.4, 0.5) is 0 Å². The molecule has 2 N–H and O–H groups in total. The standard InChI is InChI=1S/C27H28N4O5S/c32-27(26-16-21-19-28-9-8-25(21)30-26)29-18-20-4-6-23(7-5-20)37(33,34)24-3-1-2-22(17-24)36-15-12-31-10-13-35-14-11-31/h1-9,16-17,19,30H,10-15,18H2,(H,29,32). The number of aromatic nitrogens is 2. The molecule has 0 aliphatic carbocycles. The molecule has 0 spiro atoms. The van der Waals surface area contributed by atoms with Crippen molar-refractivity contribution in [2.24, 2.45) is 0 Å². The number of sulfone groups is 1. The molecular formula is C27H28N4O5S. The molecule has 4 aromatic rings. The van der Waals surface area contributed by atoms with Crippen LogP contribution in [0.2, 0.25) is 0 Å². The molecule has 3 heterocycles. The fourth-order valence-corrected chi connectivity index (χ4v) is 5.44. The molecule has 2 aromatic carbocycles. The van der Waals surface area contributed by atoms with Gasteiger partial charge in [-0.1, -0.05) is 18.2 Å². The average molecular weight is 521 g/mol. The van der Waals surface area contributed by atoms with Gasteiger partial charge in [-0.25, -0.2) is 8.42 Å². The Kier molecular flexibility index (Phi) is 7.50. The van der Waals surface area contributed by atoms with Gasteiger partial charge in [-0.3, -0.25) is 14.7 Å². The lowest BCUT2D eigenvalue weighted by molar-refractivity contribution is 0.0322. The number of H-pyrrole nitrogens is 1. The maximum atomic E-state index is 13.2. The van der Waals surface area contributed by atoms with Crippen LogP contribution in [0.3, 0.4) is 0 Å². The zero-order valence-corrected chi connectivity index (χ0v) is 21.0. The van der Waals surface area contributed by atoms with Gasteiger partial charge in [0.15, 0.2) is 0 Å². The van der Waals surface area contributed by atoms with E-state index in [2.05, 4.69) is 20.2 Å². The van der Waals surface area contributed by atoms with Crippen molar-refractivity contribution in [3.63, 3.8) is 0 Å². The second-order valence-corrected chi connectivity index (χ2v) is 10.7. The van der Waals surface area contributed by atoms with Gasteiger partial charge in [0.05, 0.1) is 23.0 Å². The third-order valence-corrected chi connectivity index (χ3v) is 8.02. The number of amides is 1. The summed E-state index contributed by atoms with van der Waals surface area (Å²) < 4.78 is 37.6. The number of nitrogens with zero attached hydrogens (tertiary/aromatic N) is 2. The van der Waals surface area contributed by atoms with E-state index in [1.807, 2.05) is 0 Å². The Balaban J connectivity index is 1.19. The molecule has 10 heteroatoms. The number of aromatic amines is 1. The molecule has 37 heavy (non-hydrogen) atoms. The summed E-state index contributed by atoms with van der Waals surface area (Å²) in [7, 11) is -3.72. The Morgan fingerprint density at radius 3 is 2.65 bits per heavy atom. The average Bonchev–Trinajstić information content (AvgIpc) is 3.37. The number of hydrogen-bond donors (Lipinski definition) is 2. The third kappa shape index (κ3) is 5.99. The number of morpholine rings is 1. The number of carbonyl (C=O) groups is 1. The molecule has 1 aliphatic heterocycles. The predicted octanol–water partition coefficient (Wildman–Crippen LogP) is 3.04. The lowest BCUT2D eigenvalue weighted by Crippen LogP contribution is -2.38. The first-order valence-electron chi connectivity index (χ1n) is 12.1. The van der Waals surface area contributed by atoms with Gasteiger partial charge in [0.25, 0.3) is 5.91 Å². The minimum absolute atomic E-state index is 0.172. The van der Waals surface area contributed by atoms with Gasteiger partial charge in [-0.15, -0.1) is 0 Å². The van der Waals surface area contributed by atoms with E-state index in [4.69, 9.17) is 9.47 Å². The van der Waals surface area contributed by atoms with Gasteiger partial charge in [0, 0.05) is 49.5 Å². The molecule has 0 saturated carbocycles. The highest BCUT2D eigenvalue weighted by Gasteiger charge is 2.19. The van der Waals surface area contributed by atoms with Gasteiger partial charge in [0.2, 0.25) is 9.84 Å². The summed E-state index contributed by atoms with van der Waals surface area (Å²) in [5.41, 5.74) is 2.06. The van der Waals surface area contributed by atoms with E-state index in [0.29, 0.717) is 18.1 Å². The normalized spacial score (nSPS) is 14.5. The Morgan fingerprint density at radius 1 is 1.05 bits per heavy atom. The lowest BCUT2D eigenvalue weighted by atomic mass is 10.2. The SMILES string of the molecule is O=C(NCc1ccc(S(=O)(=O)c2cccc(OCCN3CCOCC3)c2)cc1)c1cc2cnccc2[nH]1. The van der Waals surface area contributed by atoms with Crippen molar-refractivity contribution in [1.82, 2.24) is 20.2 Å². The molecule has 1 amide bonds. The summed E-state index contributed by atoms with van der Waals surface area (Å²) >= 11 is 0. The monoisotopic (exact) mass is 520 g/mol. The van der Waals surface area contributed by atoms with E-state index in [0.717, 1.165) is 49.3 Å². The van der Waals surface area contributed by atoms with Crippen LogP contribution in [-0.2, 0) is 21.1 Å². The molecular weight excluding hydrogens is 492 g/mol. The van der Waals surface area contributed by atoms with Gasteiger partial charge < -0.3 is 19.8 Å². The summed E-state index contributed by atoms with van der Waals surface area (Å²) in [5.74, 6) is 0.264. The van der Waals surface area contributed by atoms with E-state index >= 15 is 0 Å². The summed E-state index contributed by atoms with van der Waals surface area (Å²) in [6.45, 7) is 4.69. The molecule has 0 atom stereocenters. The third-order valence-electron chi connectivity index (χ3n) is 6.25. The first kappa shape index (κ1) is 24.9. The second kappa shape index (κ2) is 11.1. The molecule has 1 fully saturated rings. The molecule has 1 aliphatic rings. The number of hydrogen-bond acceptors (Lipinski definition) is 7. The molecule has 0 radical (unpaired) electrons. The van der Waals surface area contributed by atoms with Crippen LogP contribution in [0.5, 0.6) is 5.75 Å². The van der Waals surface area contributed by atoms with Crippen molar-refractivity contribution < 1.29 is 22.7 Å². The number of carbonyl (C=O) groups excluding carboxylic acids is 1. The number of ether oxygens (including phenoxy) is 2. The van der Waals surface area contributed by atoms with Crippen molar-refractivity contribution in [2.45, 2.75) is 16.3 Å². The van der Waals surface area contributed by atoms with E-state index in [1.165, 1.54) is 0 Å². The van der Waals surface area contributed by atoms with Crippen LogP contribution in [0.1, 0.15) is 16.1 Å². The fraction of sp³-hybridized carbons (Fsp3) is 0.259. The highest BCUT2D eigenvalue weighted by atomic mass is 32.2. The van der Waals surface area contributed by atoms with Gasteiger partial charge in [-0.2, -0.15) is 0 Å². The van der Waals surface area contributed by atoms with E-state index in [-0.39, 0.29) is 22.2 Å². The molecule has 9 nitrogen and oxygen atoms in total. The number of rotatable bonds is 9. The van der Waals surface area contributed by atoms with Crippen LogP contribution < -0.4 is 10.1 Å². The summed E-state index contributed by atoms with van der Waals surface area (Å²) in [4.78, 5) is 22.2. The van der Waals surface area contributed by atoms with E-state index < -0.39 is 9.84 Å². The molecule has 1 saturated heterocycles. The van der Waals surface area contributed by atoms with Crippen molar-refractivity contribution in [2.75, 3.05) is 39.5 Å². The quantitative estimate of drug-likeness (QED) is 0.349. The first-order valence-corrected chi connectivity index (χ1v) is 13.6. The van der Waals surface area contributed by atoms with E-state index in [9.17, 15) is 13.2 Å². The van der Waals surface area contributed by atoms with Gasteiger partial charge >= 0.3 is 0 Å². The summed E-state index contributed by atoms with van der Waals surface area (Å²) in [6, 6.07) is 16.6. The number of benzene rings is 2. The first-order chi connectivity index (χ1) is 18.0. The summed E-state index contributed by atoms with van der Waals surface area (Å²) in [5, 5.41) is 3.71. The highest BCUT2D eigenvalue weighted by molar-refractivity contribution is 7.91. The number of nitrogens with one attached hydrogen (secondary N) is 2. The molecule has 192 valence electrons. The lowest BCUT2D eigenvalue weighted by Gasteiger charge is -2.26.